The molecule has 0 saturated heterocycles. The lowest BCUT2D eigenvalue weighted by atomic mass is 9.97. The number of hydrogen-bond acceptors (Lipinski definition) is 8. The van der Waals surface area contributed by atoms with Crippen molar-refractivity contribution in [3.05, 3.63) is 90.8 Å². The van der Waals surface area contributed by atoms with E-state index in [0.29, 0.717) is 39.5 Å². The Labute approximate surface area is 257 Å². The fourth-order valence-electron chi connectivity index (χ4n) is 3.63. The first kappa shape index (κ1) is 33.6. The van der Waals surface area contributed by atoms with Gasteiger partial charge in [0.25, 0.3) is 0 Å². The van der Waals surface area contributed by atoms with Crippen LogP contribution in [0.5, 0.6) is 17.2 Å². The maximum atomic E-state index is 15.4. The zero-order valence-electron chi connectivity index (χ0n) is 25.7. The Morgan fingerprint density at radius 1 is 0.659 bits per heavy atom. The third-order valence-electron chi connectivity index (χ3n) is 6.04. The predicted octanol–water partition coefficient (Wildman–Crippen LogP) is 7.11. The molecule has 0 aliphatic carbocycles. The summed E-state index contributed by atoms with van der Waals surface area (Å²) in [6, 6.07) is 16.5. The van der Waals surface area contributed by atoms with Crippen molar-refractivity contribution in [1.82, 2.24) is 0 Å². The van der Waals surface area contributed by atoms with Crippen molar-refractivity contribution in [3.8, 4) is 39.5 Å². The zero-order valence-corrected chi connectivity index (χ0v) is 25.7. The first-order valence-corrected chi connectivity index (χ1v) is 13.9. The lowest BCUT2D eigenvalue weighted by Gasteiger charge is -2.16. The first-order valence-electron chi connectivity index (χ1n) is 13.9. The van der Waals surface area contributed by atoms with E-state index in [2.05, 4.69) is 13.2 Å². The molecule has 232 valence electrons. The molecule has 3 rings (SSSR count). The second-order valence-electron chi connectivity index (χ2n) is 11.1. The highest BCUT2D eigenvalue weighted by molar-refractivity contribution is 5.87. The molecule has 0 saturated carbocycles. The maximum Gasteiger partial charge on any atom is 0.333 e. The molecule has 0 bridgehead atoms. The highest BCUT2D eigenvalue weighted by Gasteiger charge is 2.23. The molecular weight excluding hydrogens is 567 g/mol. The van der Waals surface area contributed by atoms with Gasteiger partial charge in [-0.1, -0.05) is 37.4 Å². The highest BCUT2D eigenvalue weighted by atomic mass is 19.1. The van der Waals surface area contributed by atoms with Crippen molar-refractivity contribution in [2.45, 2.75) is 34.6 Å². The minimum absolute atomic E-state index is 0.000484. The Kier molecular flexibility index (Phi) is 11.4. The van der Waals surface area contributed by atoms with Gasteiger partial charge in [-0.15, -0.1) is 0 Å². The number of halogens is 1. The summed E-state index contributed by atoms with van der Waals surface area (Å²) in [6.45, 7) is 15.6. The largest absolute Gasteiger partial charge is 0.490 e. The van der Waals surface area contributed by atoms with Crippen molar-refractivity contribution in [2.24, 2.45) is 5.41 Å². The van der Waals surface area contributed by atoms with Crippen LogP contribution in [0.4, 0.5) is 4.39 Å². The number of benzene rings is 3. The number of rotatable bonds is 13. The van der Waals surface area contributed by atoms with Crippen LogP contribution in [-0.2, 0) is 23.9 Å². The van der Waals surface area contributed by atoms with Gasteiger partial charge in [0.1, 0.15) is 49.5 Å². The monoisotopic (exact) mass is 604 g/mol. The Hall–Kier alpha value is -4.92. The number of hydrogen-bond donors (Lipinski definition) is 0. The topological polar surface area (TPSA) is 97.4 Å². The quantitative estimate of drug-likeness (QED) is 0.0882. The van der Waals surface area contributed by atoms with Crippen LogP contribution in [0.25, 0.3) is 22.3 Å². The molecular formula is C35H37FO8. The summed E-state index contributed by atoms with van der Waals surface area (Å²) in [5, 5.41) is 0. The fraction of sp³-hybridized carbons (Fsp3) is 0.286. The molecule has 9 heteroatoms. The van der Waals surface area contributed by atoms with Gasteiger partial charge in [0, 0.05) is 22.8 Å². The number of carbonyl (C=O) groups excluding carboxylic acids is 3. The van der Waals surface area contributed by atoms with Crippen LogP contribution in [0.2, 0.25) is 0 Å². The van der Waals surface area contributed by atoms with Gasteiger partial charge in [0.2, 0.25) is 0 Å². The van der Waals surface area contributed by atoms with Crippen molar-refractivity contribution >= 4 is 17.9 Å². The molecule has 3 aromatic rings. The molecule has 0 spiro atoms. The Morgan fingerprint density at radius 2 is 1.16 bits per heavy atom. The number of ether oxygens (including phenoxy) is 5. The van der Waals surface area contributed by atoms with Crippen LogP contribution in [0.1, 0.15) is 34.6 Å². The van der Waals surface area contributed by atoms with Crippen molar-refractivity contribution in [3.63, 3.8) is 0 Å². The average molecular weight is 605 g/mol. The number of carbonyl (C=O) groups is 3. The van der Waals surface area contributed by atoms with Gasteiger partial charge in [-0.25, -0.2) is 14.0 Å². The van der Waals surface area contributed by atoms with E-state index in [4.69, 9.17) is 23.7 Å². The van der Waals surface area contributed by atoms with E-state index in [0.717, 1.165) is 0 Å². The van der Waals surface area contributed by atoms with Gasteiger partial charge in [-0.2, -0.15) is 0 Å². The first-order chi connectivity index (χ1) is 20.7. The summed E-state index contributed by atoms with van der Waals surface area (Å²) in [5.41, 5.74) is 2.04. The van der Waals surface area contributed by atoms with Crippen LogP contribution in [0.3, 0.4) is 0 Å². The minimum Gasteiger partial charge on any atom is -0.490 e. The summed E-state index contributed by atoms with van der Waals surface area (Å²) in [5.74, 6) is -0.706. The zero-order chi connectivity index (χ0) is 32.4. The molecule has 0 aliphatic heterocycles. The molecule has 0 heterocycles. The van der Waals surface area contributed by atoms with Crippen molar-refractivity contribution in [2.75, 3.05) is 26.4 Å². The van der Waals surface area contributed by atoms with E-state index in [1.54, 1.807) is 89.2 Å². The van der Waals surface area contributed by atoms with E-state index >= 15 is 4.39 Å². The predicted molar refractivity (Wildman–Crippen MR) is 165 cm³/mol. The summed E-state index contributed by atoms with van der Waals surface area (Å²) in [6.07, 6.45) is 0. The molecule has 0 atom stereocenters. The van der Waals surface area contributed by atoms with E-state index in [-0.39, 0.29) is 43.5 Å². The van der Waals surface area contributed by atoms with Crippen LogP contribution >= 0.6 is 0 Å². The molecule has 0 aliphatic rings. The second kappa shape index (κ2) is 15.0. The fourth-order valence-corrected chi connectivity index (χ4v) is 3.63. The van der Waals surface area contributed by atoms with Gasteiger partial charge < -0.3 is 23.7 Å². The van der Waals surface area contributed by atoms with Crippen LogP contribution < -0.4 is 14.2 Å². The standard InChI is InChI=1S/C35H37FO8/c1-22(2)32(37)42-16-14-40-28-18-26(19-29(21-28)41-15-17-43-33(38)23(3)4)25-10-13-30(31(36)20-25)24-8-11-27(12-9-24)44-34(39)35(5,6)7/h8-13,18-21H,1,3,14-17H2,2,4-7H3. The van der Waals surface area contributed by atoms with Crippen LogP contribution in [0, 0.1) is 11.2 Å². The molecule has 0 amide bonds. The lowest BCUT2D eigenvalue weighted by molar-refractivity contribution is -0.143. The molecule has 8 nitrogen and oxygen atoms in total. The lowest BCUT2D eigenvalue weighted by Crippen LogP contribution is -2.25. The van der Waals surface area contributed by atoms with Gasteiger partial charge in [-0.05, 0) is 81.6 Å². The summed E-state index contributed by atoms with van der Waals surface area (Å²) in [4.78, 5) is 35.5. The normalized spacial score (nSPS) is 10.9. The van der Waals surface area contributed by atoms with E-state index in [9.17, 15) is 14.4 Å². The molecule has 0 aromatic heterocycles. The summed E-state index contributed by atoms with van der Waals surface area (Å²) < 4.78 is 42.5. The third kappa shape index (κ3) is 9.83. The van der Waals surface area contributed by atoms with Gasteiger partial charge in [0.05, 0.1) is 5.41 Å². The average Bonchev–Trinajstić information content (AvgIpc) is 2.97. The van der Waals surface area contributed by atoms with E-state index < -0.39 is 23.2 Å². The smallest absolute Gasteiger partial charge is 0.333 e. The van der Waals surface area contributed by atoms with Crippen molar-refractivity contribution < 1.29 is 42.5 Å². The van der Waals surface area contributed by atoms with E-state index in [1.165, 1.54) is 6.07 Å². The molecule has 0 radical (unpaired) electrons. The molecule has 3 aromatic carbocycles. The molecule has 0 N–H and O–H groups in total. The van der Waals surface area contributed by atoms with Crippen LogP contribution in [0.15, 0.2) is 85.0 Å². The maximum absolute atomic E-state index is 15.4. The Morgan fingerprint density at radius 3 is 1.61 bits per heavy atom. The third-order valence-corrected chi connectivity index (χ3v) is 6.04. The highest BCUT2D eigenvalue weighted by Crippen LogP contribution is 2.33. The second-order valence-corrected chi connectivity index (χ2v) is 11.1. The Balaban J connectivity index is 1.80. The summed E-state index contributed by atoms with van der Waals surface area (Å²) in [7, 11) is 0. The van der Waals surface area contributed by atoms with Gasteiger partial charge in [0.15, 0.2) is 0 Å². The van der Waals surface area contributed by atoms with Crippen molar-refractivity contribution in [1.29, 1.82) is 0 Å². The molecule has 0 fully saturated rings. The van der Waals surface area contributed by atoms with E-state index in [1.807, 2.05) is 0 Å². The summed E-state index contributed by atoms with van der Waals surface area (Å²) >= 11 is 0. The molecule has 0 unspecified atom stereocenters. The van der Waals surface area contributed by atoms with Crippen LogP contribution in [-0.4, -0.2) is 44.3 Å². The molecule has 44 heavy (non-hydrogen) atoms. The number of esters is 3. The van der Waals surface area contributed by atoms with Gasteiger partial charge in [-0.3, -0.25) is 4.79 Å². The van der Waals surface area contributed by atoms with Gasteiger partial charge >= 0.3 is 17.9 Å². The SMILES string of the molecule is C=C(C)C(=O)OCCOc1cc(OCCOC(=O)C(=C)C)cc(-c2ccc(-c3ccc(OC(=O)C(C)(C)C)cc3)c(F)c2)c1. The Bertz CT molecular complexity index is 1480. The minimum atomic E-state index is -0.650.